The van der Waals surface area contributed by atoms with Gasteiger partial charge in [-0.25, -0.2) is 4.79 Å². The second-order valence-electron chi connectivity index (χ2n) is 19.4. The van der Waals surface area contributed by atoms with Crippen molar-refractivity contribution in [1.82, 2.24) is 26.2 Å². The number of piperidine rings is 1. The molecule has 0 aromatic carbocycles. The first kappa shape index (κ1) is 40.4. The zero-order chi connectivity index (χ0) is 39.2. The van der Waals surface area contributed by atoms with Crippen LogP contribution in [-0.4, -0.2) is 95.5 Å². The third kappa shape index (κ3) is 7.76. The molecule has 2 saturated carbocycles. The van der Waals surface area contributed by atoms with Gasteiger partial charge in [-0.2, -0.15) is 11.8 Å². The van der Waals surface area contributed by atoms with Crippen LogP contribution in [0.5, 0.6) is 0 Å². The summed E-state index contributed by atoms with van der Waals surface area (Å²) < 4.78 is 7.33. The molecule has 0 radical (unpaired) electrons. The highest BCUT2D eigenvalue weighted by Gasteiger charge is 2.61. The van der Waals surface area contributed by atoms with Gasteiger partial charge >= 0.3 is 6.03 Å². The van der Waals surface area contributed by atoms with Crippen molar-refractivity contribution in [1.29, 1.82) is 0 Å². The number of hydrogen-bond acceptors (Lipinski definition) is 7. The van der Waals surface area contributed by atoms with Gasteiger partial charge in [0.1, 0.15) is 0 Å². The maximum Gasteiger partial charge on any atom is 0.315 e. The molecule has 4 heterocycles. The fourth-order valence-electron chi connectivity index (χ4n) is 13.2. The number of carbonyl (C=O) groups excluding carboxylic acids is 4. The lowest BCUT2D eigenvalue weighted by atomic mass is 9.56. The average Bonchev–Trinajstić information content (AvgIpc) is 3.91. The average molecular weight is 792 g/mol. The maximum absolute atomic E-state index is 12.9. The number of ketones is 1. The molecule has 0 aromatic rings. The quantitative estimate of drug-likeness (QED) is 0.0906. The monoisotopic (exact) mass is 792 g/mol. The number of hydrogen-bond donors (Lipinski definition) is 4. The van der Waals surface area contributed by atoms with E-state index >= 15 is 0 Å². The number of fused-ring (bicyclic) bond motifs is 7. The first-order valence-electron chi connectivity index (χ1n) is 22.5. The molecule has 8 rings (SSSR count). The van der Waals surface area contributed by atoms with Crippen molar-refractivity contribution < 1.29 is 23.9 Å². The molecule has 8 aliphatic rings. The minimum absolute atomic E-state index is 0.0485. The van der Waals surface area contributed by atoms with Crippen molar-refractivity contribution in [3.63, 3.8) is 0 Å². The van der Waals surface area contributed by atoms with Crippen LogP contribution < -0.4 is 21.3 Å². The molecule has 56 heavy (non-hydrogen) atoms. The normalized spacial score (nSPS) is 40.0. The molecule has 2 unspecified atom stereocenters. The van der Waals surface area contributed by atoms with E-state index in [2.05, 4.69) is 53.9 Å². The van der Waals surface area contributed by atoms with Crippen molar-refractivity contribution in [2.75, 3.05) is 31.9 Å². The number of ether oxygens (including phenoxy) is 1. The molecular formula is C45H69N5O5S. The number of nitrogens with one attached hydrogen (secondary N) is 4. The van der Waals surface area contributed by atoms with E-state index in [1.165, 1.54) is 24.8 Å². The van der Waals surface area contributed by atoms with E-state index in [0.29, 0.717) is 73.1 Å². The summed E-state index contributed by atoms with van der Waals surface area (Å²) in [6.07, 6.45) is 17.6. The number of carbonyl (C=O) groups is 4. The van der Waals surface area contributed by atoms with E-state index in [1.54, 1.807) is 11.1 Å². The number of amides is 4. The first-order chi connectivity index (χ1) is 27.0. The lowest BCUT2D eigenvalue weighted by Gasteiger charge is -2.48. The Morgan fingerprint density at radius 2 is 1.77 bits per heavy atom. The summed E-state index contributed by atoms with van der Waals surface area (Å²) in [5, 5.41) is 12.7. The van der Waals surface area contributed by atoms with Crippen LogP contribution in [0.2, 0.25) is 0 Å². The predicted molar refractivity (Wildman–Crippen MR) is 221 cm³/mol. The molecule has 4 N–H and O–H groups in total. The third-order valence-corrected chi connectivity index (χ3v) is 17.7. The van der Waals surface area contributed by atoms with Gasteiger partial charge in [0.2, 0.25) is 11.8 Å². The van der Waals surface area contributed by atoms with E-state index < -0.39 is 0 Å². The Morgan fingerprint density at radius 1 is 0.982 bits per heavy atom. The summed E-state index contributed by atoms with van der Waals surface area (Å²) in [7, 11) is 0. The summed E-state index contributed by atoms with van der Waals surface area (Å²) in [6.45, 7) is 12.9. The first-order valence-corrected chi connectivity index (χ1v) is 23.6. The van der Waals surface area contributed by atoms with E-state index in [1.807, 2.05) is 17.8 Å². The minimum Gasteiger partial charge on any atom is -0.365 e. The van der Waals surface area contributed by atoms with Crippen LogP contribution >= 0.6 is 11.8 Å². The zero-order valence-corrected chi connectivity index (χ0v) is 35.4. The number of allylic oxidation sites excluding steroid dienone is 3. The Labute approximate surface area is 339 Å². The van der Waals surface area contributed by atoms with Gasteiger partial charge in [-0.1, -0.05) is 44.8 Å². The van der Waals surface area contributed by atoms with Crippen LogP contribution in [-0.2, 0) is 19.1 Å². The molecule has 6 fully saturated rings. The van der Waals surface area contributed by atoms with E-state index in [0.717, 1.165) is 89.0 Å². The topological polar surface area (TPSA) is 129 Å². The van der Waals surface area contributed by atoms with Gasteiger partial charge in [0.25, 0.3) is 0 Å². The molecule has 310 valence electrons. The summed E-state index contributed by atoms with van der Waals surface area (Å²) in [5.74, 6) is 4.58. The Hall–Kier alpha value is -2.37. The largest absolute Gasteiger partial charge is 0.365 e. The Balaban J connectivity index is 0.748. The highest BCUT2D eigenvalue weighted by Crippen LogP contribution is 2.65. The lowest BCUT2D eigenvalue weighted by Crippen LogP contribution is -2.54. The Kier molecular flexibility index (Phi) is 12.1. The van der Waals surface area contributed by atoms with Gasteiger partial charge in [0, 0.05) is 68.4 Å². The van der Waals surface area contributed by atoms with Crippen LogP contribution in [0, 0.1) is 35.0 Å². The van der Waals surface area contributed by atoms with Gasteiger partial charge < -0.3 is 26.0 Å². The molecule has 10 nitrogen and oxygen atoms in total. The van der Waals surface area contributed by atoms with Crippen LogP contribution in [0.25, 0.3) is 0 Å². The number of rotatable bonds is 14. The second kappa shape index (κ2) is 16.7. The summed E-state index contributed by atoms with van der Waals surface area (Å²) >= 11 is 1.92. The number of unbranched alkanes of at least 4 members (excludes halogenated alkanes) is 3. The van der Waals surface area contributed by atoms with Crippen LogP contribution in [0.3, 0.4) is 0 Å². The molecule has 4 saturated heterocycles. The van der Waals surface area contributed by atoms with Gasteiger partial charge in [0.15, 0.2) is 5.78 Å². The van der Waals surface area contributed by atoms with Gasteiger partial charge in [-0.05, 0) is 118 Å². The molecule has 4 amide bonds. The van der Waals surface area contributed by atoms with Crippen LogP contribution in [0.15, 0.2) is 22.8 Å². The summed E-state index contributed by atoms with van der Waals surface area (Å²) in [4.78, 5) is 51.8. The zero-order valence-electron chi connectivity index (χ0n) is 34.6. The van der Waals surface area contributed by atoms with Gasteiger partial charge in [0.05, 0.1) is 23.8 Å². The third-order valence-electron chi connectivity index (χ3n) is 16.2. The van der Waals surface area contributed by atoms with Crippen LogP contribution in [0.1, 0.15) is 130 Å². The maximum atomic E-state index is 12.9. The fourth-order valence-corrected chi connectivity index (χ4v) is 14.8. The predicted octanol–water partition coefficient (Wildman–Crippen LogP) is 6.44. The smallest absolute Gasteiger partial charge is 0.315 e. The standard InChI is InChI=1S/C45H69N5O5S/c1-27-22-37-42(29(3)45(55-37)18-16-32-33-14-13-30-23-31(51)15-17-44(30,4)35(33)24-34(32)28(45)2)50(25-27)21-20-47-40(53)11-6-5-9-19-46-39(52)12-8-7-10-38-41-36(26-56-38)48-43(54)49-41/h23,27,29,32-33,35-38,41-42H,5-22,24-26H2,1-4H3,(H,46,52)(H,47,53)(H2,48,49,54)/t27-,29+,32-,33-,35-,36-,37+,38?,41-,42-,44-,45?/m0/s1. The lowest BCUT2D eigenvalue weighted by molar-refractivity contribution is -0.122. The molecule has 1 spiro atoms. The molecule has 0 aromatic heterocycles. The summed E-state index contributed by atoms with van der Waals surface area (Å²) in [5.41, 5.74) is 4.67. The molecular weight excluding hydrogens is 723 g/mol. The molecule has 4 aliphatic carbocycles. The van der Waals surface area contributed by atoms with Crippen molar-refractivity contribution in [3.05, 3.63) is 22.8 Å². The number of likely N-dealkylation sites (tertiary alicyclic amines) is 1. The molecule has 12 atom stereocenters. The van der Waals surface area contributed by atoms with Crippen molar-refractivity contribution in [2.24, 2.45) is 35.0 Å². The highest BCUT2D eigenvalue weighted by atomic mass is 32.2. The van der Waals surface area contributed by atoms with E-state index in [-0.39, 0.29) is 47.0 Å². The van der Waals surface area contributed by atoms with Crippen molar-refractivity contribution >= 4 is 35.4 Å². The van der Waals surface area contributed by atoms with Crippen LogP contribution in [0.4, 0.5) is 4.79 Å². The number of thioether (sulfide) groups is 1. The van der Waals surface area contributed by atoms with E-state index in [4.69, 9.17) is 4.74 Å². The Bertz CT molecular complexity index is 1600. The summed E-state index contributed by atoms with van der Waals surface area (Å²) in [6, 6.07) is 0.805. The van der Waals surface area contributed by atoms with Crippen molar-refractivity contribution in [2.45, 2.75) is 166 Å². The Morgan fingerprint density at radius 3 is 2.59 bits per heavy atom. The second-order valence-corrected chi connectivity index (χ2v) is 20.7. The number of nitrogens with zero attached hydrogens (tertiary/aromatic N) is 1. The molecule has 11 heteroatoms. The fraction of sp³-hybridized carbons (Fsp3) is 0.822. The number of urea groups is 1. The molecule has 4 aliphatic heterocycles. The minimum atomic E-state index is -0.186. The van der Waals surface area contributed by atoms with Gasteiger partial charge in [-0.3, -0.25) is 19.3 Å². The highest BCUT2D eigenvalue weighted by molar-refractivity contribution is 8.00. The SMILES string of the molecule is CC1=C2C[C@H]3[C@@H](CCC4=CC(=O)CC[C@@]43C)[C@@H]2CCC12O[C@@H]1C[C@H](C)CN(CCNC(=O)CCCCCNC(=O)CCCCC3SC[C@@H]4NC(=O)N[C@H]34)[C@H]1[C@H]2C. The van der Waals surface area contributed by atoms with Gasteiger partial charge in [-0.15, -0.1) is 0 Å². The van der Waals surface area contributed by atoms with E-state index in [9.17, 15) is 19.2 Å². The van der Waals surface area contributed by atoms with Crippen molar-refractivity contribution in [3.8, 4) is 0 Å². The molecule has 0 bridgehead atoms.